The monoisotopic (exact) mass is 878 g/mol. The molecule has 0 radical (unpaired) electrons. The zero-order valence-electron chi connectivity index (χ0n) is 37.6. The van der Waals surface area contributed by atoms with Crippen molar-refractivity contribution < 1.29 is 4.42 Å². The molecule has 0 bridgehead atoms. The maximum absolute atomic E-state index is 6.47. The first-order valence-corrected chi connectivity index (χ1v) is 23.6. The Morgan fingerprint density at radius 1 is 0.275 bits per heavy atom. The Morgan fingerprint density at radius 2 is 0.768 bits per heavy atom. The number of nitrogens with zero attached hydrogens (tertiary/aromatic N) is 2. The van der Waals surface area contributed by atoms with Gasteiger partial charge >= 0.3 is 0 Å². The highest BCUT2D eigenvalue weighted by atomic mass is 16.3. The lowest BCUT2D eigenvalue weighted by atomic mass is 9.97. The van der Waals surface area contributed by atoms with E-state index in [1.165, 1.54) is 54.3 Å². The van der Waals surface area contributed by atoms with E-state index in [1.807, 2.05) is 0 Å². The summed E-state index contributed by atoms with van der Waals surface area (Å²) in [5.41, 5.74) is 15.6. The van der Waals surface area contributed by atoms with Crippen LogP contribution in [0.1, 0.15) is 0 Å². The van der Waals surface area contributed by atoms with E-state index in [1.54, 1.807) is 0 Å². The van der Waals surface area contributed by atoms with E-state index in [0.717, 1.165) is 77.9 Å². The molecule has 0 saturated heterocycles. The molecule has 0 amide bonds. The maximum Gasteiger partial charge on any atom is 0.143 e. The molecule has 0 unspecified atom stereocenters. The molecule has 0 N–H and O–H groups in total. The molecule has 12 aromatic carbocycles. The number of hydrogen-bond acceptors (Lipinski definition) is 2. The highest BCUT2D eigenvalue weighted by Crippen LogP contribution is 2.41. The highest BCUT2D eigenvalue weighted by Gasteiger charge is 2.17. The summed E-state index contributed by atoms with van der Waals surface area (Å²) >= 11 is 0. The number of rotatable bonds is 7. The lowest BCUT2D eigenvalue weighted by Crippen LogP contribution is -2.10. The number of furan rings is 1. The molecule has 3 nitrogen and oxygen atoms in total. The standard InChI is InChI=1S/C66H42N2O/c1-3-17-56-45(11-1)23-24-47-25-26-51(41-61(47)56)49-14-10-15-54(40-49)67(53-35-29-44(30-36-53)50-32-38-65-62(42-50)60-37-31-46-12-2-4-18-57(46)66(60)69-65)52-33-27-43(28-34-52)48-13-9-16-55(39-48)68-63-21-7-5-19-58(63)59-20-6-8-22-64(59)68/h1-42H. The number of para-hydroxylation sites is 2. The fraction of sp³-hybridized carbons (Fsp3) is 0. The van der Waals surface area contributed by atoms with Crippen molar-refractivity contribution in [2.75, 3.05) is 4.90 Å². The Morgan fingerprint density at radius 3 is 1.48 bits per heavy atom. The second-order valence-electron chi connectivity index (χ2n) is 18.1. The average Bonchev–Trinajstić information content (AvgIpc) is 3.97. The molecule has 0 fully saturated rings. The van der Waals surface area contributed by atoms with Gasteiger partial charge in [-0.3, -0.25) is 0 Å². The number of benzene rings is 12. The first kappa shape index (κ1) is 39.0. The predicted molar refractivity (Wildman–Crippen MR) is 292 cm³/mol. The Labute approximate surface area is 399 Å². The van der Waals surface area contributed by atoms with Gasteiger partial charge in [-0.25, -0.2) is 0 Å². The molecule has 2 heterocycles. The molecular formula is C66H42N2O. The van der Waals surface area contributed by atoms with Crippen LogP contribution < -0.4 is 4.90 Å². The van der Waals surface area contributed by atoms with Crippen LogP contribution in [-0.4, -0.2) is 4.57 Å². The lowest BCUT2D eigenvalue weighted by molar-refractivity contribution is 0.672. The van der Waals surface area contributed by atoms with Crippen LogP contribution >= 0.6 is 0 Å². The van der Waals surface area contributed by atoms with Crippen molar-refractivity contribution in [3.05, 3.63) is 255 Å². The third kappa shape index (κ3) is 6.51. The van der Waals surface area contributed by atoms with Crippen LogP contribution in [0.5, 0.6) is 0 Å². The summed E-state index contributed by atoms with van der Waals surface area (Å²) in [6.07, 6.45) is 0. The molecule has 69 heavy (non-hydrogen) atoms. The van der Waals surface area contributed by atoms with Gasteiger partial charge in [0, 0.05) is 49.7 Å². The molecular weight excluding hydrogens is 837 g/mol. The number of hydrogen-bond donors (Lipinski definition) is 0. The highest BCUT2D eigenvalue weighted by molar-refractivity contribution is 6.16. The maximum atomic E-state index is 6.47. The van der Waals surface area contributed by atoms with Gasteiger partial charge in [0.05, 0.1) is 11.0 Å². The minimum Gasteiger partial charge on any atom is -0.455 e. The minimum atomic E-state index is 0.897. The van der Waals surface area contributed by atoms with Gasteiger partial charge in [0.2, 0.25) is 0 Å². The van der Waals surface area contributed by atoms with Gasteiger partial charge < -0.3 is 13.9 Å². The van der Waals surface area contributed by atoms with Crippen LogP contribution in [0.4, 0.5) is 17.1 Å². The third-order valence-electron chi connectivity index (χ3n) is 14.1. The summed E-state index contributed by atoms with van der Waals surface area (Å²) in [7, 11) is 0. The quantitative estimate of drug-likeness (QED) is 0.149. The van der Waals surface area contributed by atoms with Crippen LogP contribution in [0.3, 0.4) is 0 Å². The first-order chi connectivity index (χ1) is 34.2. The Bertz CT molecular complexity index is 4260. The normalized spacial score (nSPS) is 11.8. The summed E-state index contributed by atoms with van der Waals surface area (Å²) in [5, 5.41) is 12.1. The zero-order valence-corrected chi connectivity index (χ0v) is 37.6. The zero-order chi connectivity index (χ0) is 45.4. The smallest absolute Gasteiger partial charge is 0.143 e. The number of fused-ring (bicyclic) bond motifs is 11. The van der Waals surface area contributed by atoms with E-state index in [-0.39, 0.29) is 0 Å². The molecule has 3 heteroatoms. The van der Waals surface area contributed by atoms with Crippen molar-refractivity contribution >= 4 is 93.1 Å². The van der Waals surface area contributed by atoms with Crippen LogP contribution in [0.25, 0.3) is 115 Å². The van der Waals surface area contributed by atoms with Crippen molar-refractivity contribution in [3.8, 4) is 39.1 Å². The minimum absolute atomic E-state index is 0.897. The van der Waals surface area contributed by atoms with E-state index < -0.39 is 0 Å². The summed E-state index contributed by atoms with van der Waals surface area (Å²) in [6, 6.07) is 92.6. The summed E-state index contributed by atoms with van der Waals surface area (Å²) in [5.74, 6) is 0. The predicted octanol–water partition coefficient (Wildman–Crippen LogP) is 18.6. The van der Waals surface area contributed by atoms with Crippen LogP contribution in [-0.2, 0) is 0 Å². The van der Waals surface area contributed by atoms with Gasteiger partial charge in [-0.05, 0) is 145 Å². The molecule has 14 rings (SSSR count). The molecule has 2 aromatic heterocycles. The summed E-state index contributed by atoms with van der Waals surface area (Å²) in [4.78, 5) is 2.37. The molecule has 0 aliphatic heterocycles. The van der Waals surface area contributed by atoms with Crippen molar-refractivity contribution in [3.63, 3.8) is 0 Å². The topological polar surface area (TPSA) is 21.3 Å². The Hall–Kier alpha value is -9.18. The molecule has 0 atom stereocenters. The Balaban J connectivity index is 0.859. The van der Waals surface area contributed by atoms with Crippen molar-refractivity contribution in [2.45, 2.75) is 0 Å². The van der Waals surface area contributed by atoms with Crippen LogP contribution in [0, 0.1) is 0 Å². The van der Waals surface area contributed by atoms with Crippen LogP contribution in [0.15, 0.2) is 259 Å². The fourth-order valence-corrected chi connectivity index (χ4v) is 10.8. The molecule has 0 spiro atoms. The number of aromatic nitrogens is 1. The second kappa shape index (κ2) is 15.7. The van der Waals surface area contributed by atoms with Gasteiger partial charge in [0.1, 0.15) is 11.2 Å². The van der Waals surface area contributed by atoms with E-state index in [2.05, 4.69) is 264 Å². The molecule has 0 aliphatic carbocycles. The summed E-state index contributed by atoms with van der Waals surface area (Å²) in [6.45, 7) is 0. The van der Waals surface area contributed by atoms with Gasteiger partial charge in [-0.1, -0.05) is 170 Å². The van der Waals surface area contributed by atoms with Gasteiger partial charge in [-0.15, -0.1) is 0 Å². The average molecular weight is 879 g/mol. The second-order valence-corrected chi connectivity index (χ2v) is 18.1. The SMILES string of the molecule is c1cc(-c2ccc3ccc4ccccc4c3c2)cc(N(c2ccc(-c3cccc(-n4c5ccccc5c5ccccc54)c3)cc2)c2ccc(-c3ccc4oc5c6ccccc6ccc5c4c3)cc2)c1. The van der Waals surface area contributed by atoms with Crippen molar-refractivity contribution in [2.24, 2.45) is 0 Å². The Kier molecular flexibility index (Phi) is 8.90. The van der Waals surface area contributed by atoms with E-state index in [4.69, 9.17) is 4.42 Å². The molecule has 0 aliphatic rings. The third-order valence-corrected chi connectivity index (χ3v) is 14.1. The molecule has 14 aromatic rings. The molecule has 322 valence electrons. The fourth-order valence-electron chi connectivity index (χ4n) is 10.8. The van der Waals surface area contributed by atoms with E-state index >= 15 is 0 Å². The summed E-state index contributed by atoms with van der Waals surface area (Å²) < 4.78 is 8.85. The van der Waals surface area contributed by atoms with Gasteiger partial charge in [-0.2, -0.15) is 0 Å². The van der Waals surface area contributed by atoms with Gasteiger partial charge in [0.15, 0.2) is 0 Å². The lowest BCUT2D eigenvalue weighted by Gasteiger charge is -2.26. The van der Waals surface area contributed by atoms with Crippen molar-refractivity contribution in [1.29, 1.82) is 0 Å². The van der Waals surface area contributed by atoms with Gasteiger partial charge in [0.25, 0.3) is 0 Å². The first-order valence-electron chi connectivity index (χ1n) is 23.6. The largest absolute Gasteiger partial charge is 0.455 e. The molecule has 0 saturated carbocycles. The number of anilines is 3. The van der Waals surface area contributed by atoms with E-state index in [9.17, 15) is 0 Å². The van der Waals surface area contributed by atoms with Crippen LogP contribution in [0.2, 0.25) is 0 Å². The van der Waals surface area contributed by atoms with E-state index in [0.29, 0.717) is 0 Å². The van der Waals surface area contributed by atoms with Crippen molar-refractivity contribution in [1.82, 2.24) is 4.57 Å².